The van der Waals surface area contributed by atoms with Gasteiger partial charge in [0.1, 0.15) is 5.75 Å². The molecule has 0 saturated carbocycles. The third-order valence-electron chi connectivity index (χ3n) is 5.06. The summed E-state index contributed by atoms with van der Waals surface area (Å²) < 4.78 is 7.21. The van der Waals surface area contributed by atoms with Gasteiger partial charge in [-0.3, -0.25) is 14.0 Å². The number of likely N-dealkylation sites (tertiary alicyclic amines) is 1. The summed E-state index contributed by atoms with van der Waals surface area (Å²) in [5.74, 6) is 0.579. The van der Waals surface area contributed by atoms with Gasteiger partial charge >= 0.3 is 0 Å². The molecule has 1 fully saturated rings. The minimum Gasteiger partial charge on any atom is -0.495 e. The molecule has 3 heterocycles. The number of methoxy groups -OCH3 is 1. The maximum absolute atomic E-state index is 12.6. The van der Waals surface area contributed by atoms with Gasteiger partial charge in [-0.1, -0.05) is 12.1 Å². The van der Waals surface area contributed by atoms with Crippen molar-refractivity contribution in [2.24, 2.45) is 5.92 Å². The average molecular weight is 398 g/mol. The molecule has 4 rings (SSSR count). The number of ether oxygens (including phenoxy) is 1. The van der Waals surface area contributed by atoms with Crippen LogP contribution in [0.25, 0.3) is 4.96 Å². The summed E-state index contributed by atoms with van der Waals surface area (Å²) in [7, 11) is 1.58. The van der Waals surface area contributed by atoms with Gasteiger partial charge in [-0.05, 0) is 25.0 Å². The molecule has 1 saturated heterocycles. The van der Waals surface area contributed by atoms with Gasteiger partial charge in [0.2, 0.25) is 11.8 Å². The highest BCUT2D eigenvalue weighted by molar-refractivity contribution is 7.15. The number of carbonyl (C=O) groups excluding carboxylic acids is 2. The molecule has 1 aliphatic rings. The largest absolute Gasteiger partial charge is 0.495 e. The number of piperidine rings is 1. The zero-order valence-corrected chi connectivity index (χ0v) is 16.4. The van der Waals surface area contributed by atoms with Gasteiger partial charge in [-0.2, -0.15) is 0 Å². The average Bonchev–Trinajstić information content (AvgIpc) is 3.30. The predicted octanol–water partition coefficient (Wildman–Crippen LogP) is 2.82. The van der Waals surface area contributed by atoms with Crippen molar-refractivity contribution < 1.29 is 14.3 Å². The molecule has 0 radical (unpaired) electrons. The fourth-order valence-electron chi connectivity index (χ4n) is 3.50. The van der Waals surface area contributed by atoms with Crippen LogP contribution in [-0.4, -0.2) is 46.3 Å². The molecule has 0 aliphatic carbocycles. The Bertz CT molecular complexity index is 960. The number of anilines is 1. The summed E-state index contributed by atoms with van der Waals surface area (Å²) in [5.41, 5.74) is 1.46. The van der Waals surface area contributed by atoms with Gasteiger partial charge in [-0.25, -0.2) is 4.98 Å². The maximum Gasteiger partial charge on any atom is 0.228 e. The first-order valence-corrected chi connectivity index (χ1v) is 10.1. The monoisotopic (exact) mass is 398 g/mol. The number of aromatic nitrogens is 2. The first-order chi connectivity index (χ1) is 13.6. The van der Waals surface area contributed by atoms with E-state index >= 15 is 0 Å². The van der Waals surface area contributed by atoms with E-state index in [1.807, 2.05) is 51.3 Å². The number of nitrogens with zero attached hydrogens (tertiary/aromatic N) is 3. The lowest BCUT2D eigenvalue weighted by Crippen LogP contribution is -2.42. The van der Waals surface area contributed by atoms with Crippen molar-refractivity contribution in [3.63, 3.8) is 0 Å². The fraction of sp³-hybridized carbons (Fsp3) is 0.350. The number of hydrogen-bond acceptors (Lipinski definition) is 5. The number of carbonyl (C=O) groups is 2. The lowest BCUT2D eigenvalue weighted by atomic mass is 9.95. The first kappa shape index (κ1) is 18.5. The Morgan fingerprint density at radius 1 is 1.29 bits per heavy atom. The van der Waals surface area contributed by atoms with Crippen molar-refractivity contribution in [2.45, 2.75) is 19.3 Å². The van der Waals surface area contributed by atoms with Crippen LogP contribution in [0.5, 0.6) is 5.75 Å². The fourth-order valence-corrected chi connectivity index (χ4v) is 4.22. The van der Waals surface area contributed by atoms with Gasteiger partial charge in [0.05, 0.1) is 24.9 Å². The number of hydrogen-bond donors (Lipinski definition) is 1. The third-order valence-corrected chi connectivity index (χ3v) is 5.83. The second kappa shape index (κ2) is 8.02. The number of para-hydroxylation sites is 2. The Morgan fingerprint density at radius 2 is 2.07 bits per heavy atom. The molecular formula is C20H22N4O3S. The van der Waals surface area contributed by atoms with Crippen LogP contribution in [-0.2, 0) is 16.0 Å². The molecule has 0 unspecified atom stereocenters. The molecule has 3 aromatic rings. The normalized spacial score (nSPS) is 15.0. The highest BCUT2D eigenvalue weighted by Crippen LogP contribution is 2.26. The summed E-state index contributed by atoms with van der Waals surface area (Å²) in [6.45, 7) is 1.18. The van der Waals surface area contributed by atoms with Crippen LogP contribution in [0.3, 0.4) is 0 Å². The summed E-state index contributed by atoms with van der Waals surface area (Å²) in [6, 6.07) is 7.36. The Hall–Kier alpha value is -2.87. The third kappa shape index (κ3) is 3.87. The van der Waals surface area contributed by atoms with Crippen molar-refractivity contribution in [1.29, 1.82) is 0 Å². The van der Waals surface area contributed by atoms with Gasteiger partial charge in [0.25, 0.3) is 0 Å². The molecule has 1 N–H and O–H groups in total. The van der Waals surface area contributed by atoms with Crippen LogP contribution in [0.15, 0.2) is 42.0 Å². The van der Waals surface area contributed by atoms with E-state index in [0.29, 0.717) is 43.8 Å². The second-order valence-corrected chi connectivity index (χ2v) is 7.72. The second-order valence-electron chi connectivity index (χ2n) is 6.85. The first-order valence-electron chi connectivity index (χ1n) is 9.27. The van der Waals surface area contributed by atoms with E-state index in [1.165, 1.54) is 0 Å². The van der Waals surface area contributed by atoms with E-state index in [2.05, 4.69) is 10.3 Å². The van der Waals surface area contributed by atoms with E-state index in [1.54, 1.807) is 18.4 Å². The van der Waals surface area contributed by atoms with Crippen LogP contribution >= 0.6 is 11.3 Å². The van der Waals surface area contributed by atoms with Crippen LogP contribution in [0, 0.1) is 5.92 Å². The minimum absolute atomic E-state index is 0.0223. The molecular weight excluding hydrogens is 376 g/mol. The molecule has 1 aliphatic heterocycles. The van der Waals surface area contributed by atoms with Crippen LogP contribution < -0.4 is 10.1 Å². The van der Waals surface area contributed by atoms with Crippen LogP contribution in [0.2, 0.25) is 0 Å². The maximum atomic E-state index is 12.6. The molecule has 0 bridgehead atoms. The van der Waals surface area contributed by atoms with Crippen molar-refractivity contribution >= 4 is 33.8 Å². The number of amides is 2. The highest BCUT2D eigenvalue weighted by atomic mass is 32.1. The van der Waals surface area contributed by atoms with Crippen LogP contribution in [0.1, 0.15) is 18.5 Å². The molecule has 7 nitrogen and oxygen atoms in total. The summed E-state index contributed by atoms with van der Waals surface area (Å²) in [5, 5.41) is 4.92. The molecule has 146 valence electrons. The van der Waals surface area contributed by atoms with Crippen molar-refractivity contribution in [3.05, 3.63) is 47.7 Å². The zero-order chi connectivity index (χ0) is 19.5. The molecule has 1 aromatic carbocycles. The Kier molecular flexibility index (Phi) is 5.29. The summed E-state index contributed by atoms with van der Waals surface area (Å²) >= 11 is 1.55. The van der Waals surface area contributed by atoms with Crippen molar-refractivity contribution in [3.8, 4) is 5.75 Å². The molecule has 28 heavy (non-hydrogen) atoms. The SMILES string of the molecule is COc1ccccc1NC(=O)C1CCN(C(=O)Cc2cn3ccsc3n2)CC1. The number of nitrogens with one attached hydrogen (secondary N) is 1. The number of thiazole rings is 1. The van der Waals surface area contributed by atoms with Gasteiger partial charge in [0, 0.05) is 36.8 Å². The van der Waals surface area contributed by atoms with Crippen molar-refractivity contribution in [2.75, 3.05) is 25.5 Å². The van der Waals surface area contributed by atoms with Gasteiger partial charge in [-0.15, -0.1) is 11.3 Å². The van der Waals surface area contributed by atoms with E-state index < -0.39 is 0 Å². The van der Waals surface area contributed by atoms with E-state index in [9.17, 15) is 9.59 Å². The molecule has 8 heteroatoms. The van der Waals surface area contributed by atoms with Crippen molar-refractivity contribution in [1.82, 2.24) is 14.3 Å². The van der Waals surface area contributed by atoms with Gasteiger partial charge in [0.15, 0.2) is 4.96 Å². The van der Waals surface area contributed by atoms with E-state index in [-0.39, 0.29) is 17.7 Å². The number of imidazole rings is 1. The zero-order valence-electron chi connectivity index (χ0n) is 15.6. The Balaban J connectivity index is 1.30. The lowest BCUT2D eigenvalue weighted by Gasteiger charge is -2.31. The quantitative estimate of drug-likeness (QED) is 0.717. The highest BCUT2D eigenvalue weighted by Gasteiger charge is 2.28. The smallest absolute Gasteiger partial charge is 0.228 e. The Morgan fingerprint density at radius 3 is 2.82 bits per heavy atom. The molecule has 0 atom stereocenters. The Labute approximate surface area is 166 Å². The molecule has 0 spiro atoms. The van der Waals surface area contributed by atoms with Crippen LogP contribution in [0.4, 0.5) is 5.69 Å². The molecule has 2 aromatic heterocycles. The summed E-state index contributed by atoms with van der Waals surface area (Å²) in [6.07, 6.45) is 5.45. The minimum atomic E-state index is -0.105. The van der Waals surface area contributed by atoms with E-state index in [0.717, 1.165) is 10.7 Å². The van der Waals surface area contributed by atoms with Gasteiger partial charge < -0.3 is 15.0 Å². The predicted molar refractivity (Wildman–Crippen MR) is 108 cm³/mol. The number of fused-ring (bicyclic) bond motifs is 1. The van der Waals surface area contributed by atoms with E-state index in [4.69, 9.17) is 4.74 Å². The lowest BCUT2D eigenvalue weighted by molar-refractivity contribution is -0.133. The molecule has 2 amide bonds. The topological polar surface area (TPSA) is 75.9 Å². The summed E-state index contributed by atoms with van der Waals surface area (Å²) in [4.78, 5) is 32.4. The number of benzene rings is 1. The number of rotatable bonds is 5. The standard InChI is InChI=1S/C20H22N4O3S/c1-27-17-5-3-2-4-16(17)22-19(26)14-6-8-23(9-7-14)18(25)12-15-13-24-10-11-28-20(24)21-15/h2-5,10-11,13-14H,6-9,12H2,1H3,(H,22,26).